The monoisotopic (exact) mass is 348 g/mol. The first-order valence-corrected chi connectivity index (χ1v) is 8.08. The molecule has 24 heavy (non-hydrogen) atoms. The second kappa shape index (κ2) is 8.06. The molecule has 0 unspecified atom stereocenters. The normalized spacial score (nSPS) is 11.1. The second-order valence-electron chi connectivity index (χ2n) is 6.17. The number of carboxylic acids is 1. The fourth-order valence-electron chi connectivity index (χ4n) is 1.91. The number of benzene rings is 2. The molecule has 1 N–H and O–H groups in total. The predicted molar refractivity (Wildman–Crippen MR) is 93.8 cm³/mol. The van der Waals surface area contributed by atoms with Crippen LogP contribution in [0.3, 0.4) is 0 Å². The van der Waals surface area contributed by atoms with E-state index in [0.29, 0.717) is 30.4 Å². The maximum atomic E-state index is 11.0. The minimum Gasteiger partial charge on any atom is -0.494 e. The second-order valence-corrected chi connectivity index (χ2v) is 6.61. The number of ether oxygens (including phenoxy) is 2. The quantitative estimate of drug-likeness (QED) is 0.744. The minimum absolute atomic E-state index is 0.351. The van der Waals surface area contributed by atoms with Gasteiger partial charge in [-0.3, -0.25) is 4.79 Å². The molecule has 0 saturated heterocycles. The SMILES string of the molecule is CC(C)(CCOc1ccc(OCc2ccc(Cl)cc2)cc1)C(=O)O. The van der Waals surface area contributed by atoms with Crippen LogP contribution in [0.5, 0.6) is 11.5 Å². The van der Waals surface area contributed by atoms with Crippen molar-refractivity contribution in [3.8, 4) is 11.5 Å². The van der Waals surface area contributed by atoms with Crippen molar-refractivity contribution in [3.63, 3.8) is 0 Å². The van der Waals surface area contributed by atoms with Gasteiger partial charge in [0.1, 0.15) is 18.1 Å². The summed E-state index contributed by atoms with van der Waals surface area (Å²) in [5.74, 6) is 0.607. The minimum atomic E-state index is -0.822. The lowest BCUT2D eigenvalue weighted by molar-refractivity contribution is -0.147. The van der Waals surface area contributed by atoms with Crippen LogP contribution in [0.1, 0.15) is 25.8 Å². The summed E-state index contributed by atoms with van der Waals surface area (Å²) in [6.07, 6.45) is 0.442. The van der Waals surface area contributed by atoms with E-state index in [-0.39, 0.29) is 0 Å². The number of carbonyl (C=O) groups is 1. The molecule has 2 rings (SSSR count). The Balaban J connectivity index is 1.80. The molecule has 0 aliphatic heterocycles. The lowest BCUT2D eigenvalue weighted by Crippen LogP contribution is -2.25. The zero-order valence-electron chi connectivity index (χ0n) is 13.8. The molecule has 0 fully saturated rings. The van der Waals surface area contributed by atoms with Crippen LogP contribution in [0.15, 0.2) is 48.5 Å². The van der Waals surface area contributed by atoms with Gasteiger partial charge in [-0.05, 0) is 62.2 Å². The molecule has 128 valence electrons. The molecular weight excluding hydrogens is 328 g/mol. The van der Waals surface area contributed by atoms with E-state index in [4.69, 9.17) is 26.2 Å². The van der Waals surface area contributed by atoms with Crippen molar-refractivity contribution in [2.45, 2.75) is 26.9 Å². The Labute approximate surface area is 147 Å². The molecule has 4 nitrogen and oxygen atoms in total. The largest absolute Gasteiger partial charge is 0.494 e. The molecule has 2 aromatic carbocycles. The van der Waals surface area contributed by atoms with E-state index < -0.39 is 11.4 Å². The Hall–Kier alpha value is -2.20. The van der Waals surface area contributed by atoms with E-state index in [1.54, 1.807) is 13.8 Å². The molecule has 0 saturated carbocycles. The first-order chi connectivity index (χ1) is 11.4. The highest BCUT2D eigenvalue weighted by Gasteiger charge is 2.26. The number of hydrogen-bond donors (Lipinski definition) is 1. The van der Waals surface area contributed by atoms with Gasteiger partial charge >= 0.3 is 5.97 Å². The van der Waals surface area contributed by atoms with E-state index >= 15 is 0 Å². The van der Waals surface area contributed by atoms with Crippen LogP contribution < -0.4 is 9.47 Å². The van der Waals surface area contributed by atoms with Gasteiger partial charge in [0.2, 0.25) is 0 Å². The number of rotatable bonds is 8. The molecule has 2 aromatic rings. The van der Waals surface area contributed by atoms with Crippen LogP contribution in [0.2, 0.25) is 5.02 Å². The van der Waals surface area contributed by atoms with Crippen molar-refractivity contribution in [2.24, 2.45) is 5.41 Å². The Morgan fingerprint density at radius 3 is 2.08 bits per heavy atom. The molecule has 0 radical (unpaired) electrons. The van der Waals surface area contributed by atoms with Crippen molar-refractivity contribution in [1.82, 2.24) is 0 Å². The van der Waals surface area contributed by atoms with Crippen LogP contribution >= 0.6 is 11.6 Å². The third kappa shape index (κ3) is 5.46. The van der Waals surface area contributed by atoms with Crippen molar-refractivity contribution < 1.29 is 19.4 Å². The van der Waals surface area contributed by atoms with E-state index in [1.807, 2.05) is 48.5 Å². The topological polar surface area (TPSA) is 55.8 Å². The van der Waals surface area contributed by atoms with E-state index in [1.165, 1.54) is 0 Å². The Bertz CT molecular complexity index is 663. The van der Waals surface area contributed by atoms with Crippen molar-refractivity contribution in [2.75, 3.05) is 6.61 Å². The molecule has 5 heteroatoms. The van der Waals surface area contributed by atoms with Gasteiger partial charge in [-0.15, -0.1) is 0 Å². The van der Waals surface area contributed by atoms with Crippen LogP contribution in [-0.4, -0.2) is 17.7 Å². The first kappa shape index (κ1) is 18.1. The van der Waals surface area contributed by atoms with Gasteiger partial charge in [-0.25, -0.2) is 0 Å². The van der Waals surface area contributed by atoms with Crippen LogP contribution in [-0.2, 0) is 11.4 Å². The van der Waals surface area contributed by atoms with Crippen LogP contribution in [0, 0.1) is 5.41 Å². The lowest BCUT2D eigenvalue weighted by atomic mass is 9.90. The maximum Gasteiger partial charge on any atom is 0.309 e. The predicted octanol–water partition coefficient (Wildman–Crippen LogP) is 4.80. The lowest BCUT2D eigenvalue weighted by Gasteiger charge is -2.18. The molecule has 0 aliphatic rings. The highest BCUT2D eigenvalue weighted by Crippen LogP contribution is 2.23. The average molecular weight is 349 g/mol. The smallest absolute Gasteiger partial charge is 0.309 e. The Kier molecular flexibility index (Phi) is 6.10. The van der Waals surface area contributed by atoms with Crippen molar-refractivity contribution >= 4 is 17.6 Å². The van der Waals surface area contributed by atoms with Gasteiger partial charge < -0.3 is 14.6 Å². The van der Waals surface area contributed by atoms with Gasteiger partial charge in [0.15, 0.2) is 0 Å². The zero-order valence-corrected chi connectivity index (χ0v) is 14.5. The Morgan fingerprint density at radius 2 is 1.54 bits per heavy atom. The summed E-state index contributed by atoms with van der Waals surface area (Å²) >= 11 is 5.85. The summed E-state index contributed by atoms with van der Waals surface area (Å²) in [5, 5.41) is 9.76. The zero-order chi connectivity index (χ0) is 17.6. The Morgan fingerprint density at radius 1 is 1.00 bits per heavy atom. The molecule has 0 amide bonds. The van der Waals surface area contributed by atoms with Gasteiger partial charge in [0.25, 0.3) is 0 Å². The maximum absolute atomic E-state index is 11.0. The highest BCUT2D eigenvalue weighted by molar-refractivity contribution is 6.30. The fraction of sp³-hybridized carbons (Fsp3) is 0.316. The molecule has 0 bridgehead atoms. The molecule has 0 spiro atoms. The van der Waals surface area contributed by atoms with Gasteiger partial charge in [0.05, 0.1) is 12.0 Å². The third-order valence-electron chi connectivity index (χ3n) is 3.72. The third-order valence-corrected chi connectivity index (χ3v) is 3.97. The molecule has 0 aromatic heterocycles. The molecule has 0 atom stereocenters. The molecular formula is C19H21ClO4. The van der Waals surface area contributed by atoms with Crippen molar-refractivity contribution in [3.05, 3.63) is 59.1 Å². The fourth-order valence-corrected chi connectivity index (χ4v) is 2.04. The standard InChI is InChI=1S/C19H21ClO4/c1-19(2,18(21)22)11-12-23-16-7-9-17(10-8-16)24-13-14-3-5-15(20)6-4-14/h3-10H,11-13H2,1-2H3,(H,21,22). The van der Waals surface area contributed by atoms with Crippen LogP contribution in [0.25, 0.3) is 0 Å². The number of carboxylic acid groups (broad SMARTS) is 1. The summed E-state index contributed by atoms with van der Waals surface area (Å²) in [4.78, 5) is 11.0. The highest BCUT2D eigenvalue weighted by atomic mass is 35.5. The summed E-state index contributed by atoms with van der Waals surface area (Å²) in [7, 11) is 0. The number of halogens is 1. The first-order valence-electron chi connectivity index (χ1n) is 7.70. The number of aliphatic carboxylic acids is 1. The van der Waals surface area contributed by atoms with Gasteiger partial charge in [-0.1, -0.05) is 23.7 Å². The van der Waals surface area contributed by atoms with E-state index in [2.05, 4.69) is 0 Å². The summed E-state index contributed by atoms with van der Waals surface area (Å²) in [6, 6.07) is 14.8. The van der Waals surface area contributed by atoms with Gasteiger partial charge in [-0.2, -0.15) is 0 Å². The van der Waals surface area contributed by atoms with E-state index in [0.717, 1.165) is 11.3 Å². The van der Waals surface area contributed by atoms with E-state index in [9.17, 15) is 4.79 Å². The molecule has 0 heterocycles. The number of hydrogen-bond acceptors (Lipinski definition) is 3. The van der Waals surface area contributed by atoms with Gasteiger partial charge in [0, 0.05) is 5.02 Å². The average Bonchev–Trinajstić information content (AvgIpc) is 2.55. The molecule has 0 aliphatic carbocycles. The van der Waals surface area contributed by atoms with Crippen molar-refractivity contribution in [1.29, 1.82) is 0 Å². The summed E-state index contributed by atoms with van der Waals surface area (Å²) in [5.41, 5.74) is 0.248. The summed E-state index contributed by atoms with van der Waals surface area (Å²) in [6.45, 7) is 4.19. The summed E-state index contributed by atoms with van der Waals surface area (Å²) < 4.78 is 11.3. The van der Waals surface area contributed by atoms with Crippen LogP contribution in [0.4, 0.5) is 0 Å².